The summed E-state index contributed by atoms with van der Waals surface area (Å²) in [5.41, 5.74) is 0.930. The van der Waals surface area contributed by atoms with Crippen LogP contribution in [0.1, 0.15) is 33.6 Å². The van der Waals surface area contributed by atoms with Crippen molar-refractivity contribution >= 4 is 17.1 Å². The Bertz CT molecular complexity index is 451. The molecule has 0 unspecified atom stereocenters. The summed E-state index contributed by atoms with van der Waals surface area (Å²) in [4.78, 5) is 10.6. The summed E-state index contributed by atoms with van der Waals surface area (Å²) >= 11 is 0. The Kier molecular flexibility index (Phi) is 5.76. The molecule has 0 spiro atoms. The molecule has 0 aliphatic heterocycles. The average molecular weight is 281 g/mol. The van der Waals surface area contributed by atoms with Crippen LogP contribution >= 0.6 is 0 Å². The van der Waals surface area contributed by atoms with Crippen LogP contribution in [0.3, 0.4) is 0 Å². The number of nitro benzene ring substituents is 1. The van der Waals surface area contributed by atoms with Gasteiger partial charge in [-0.3, -0.25) is 10.1 Å². The Morgan fingerprint density at radius 3 is 2.25 bits per heavy atom. The van der Waals surface area contributed by atoms with Crippen LogP contribution in [0.15, 0.2) is 18.2 Å². The van der Waals surface area contributed by atoms with E-state index in [1.807, 2.05) is 26.8 Å². The van der Waals surface area contributed by atoms with Gasteiger partial charge in [0.1, 0.15) is 0 Å². The van der Waals surface area contributed by atoms with E-state index in [0.29, 0.717) is 17.9 Å². The summed E-state index contributed by atoms with van der Waals surface area (Å²) in [5.74, 6) is 0. The van der Waals surface area contributed by atoms with Crippen molar-refractivity contribution in [3.63, 3.8) is 0 Å². The second-order valence-corrected chi connectivity index (χ2v) is 4.83. The van der Waals surface area contributed by atoms with E-state index in [-0.39, 0.29) is 12.3 Å². The molecule has 0 bridgehead atoms. The smallest absolute Gasteiger partial charge is 0.273 e. The number of nitro groups is 1. The Balaban J connectivity index is 3.12. The number of nitrogens with one attached hydrogen (secondary N) is 2. The van der Waals surface area contributed by atoms with E-state index in [2.05, 4.69) is 10.6 Å². The molecule has 0 atom stereocenters. The van der Waals surface area contributed by atoms with Crippen molar-refractivity contribution in [1.29, 1.82) is 0 Å². The van der Waals surface area contributed by atoms with Crippen molar-refractivity contribution in [2.24, 2.45) is 0 Å². The molecular formula is C14H23N3O3. The zero-order chi connectivity index (χ0) is 15.2. The maximum absolute atomic E-state index is 11.0. The van der Waals surface area contributed by atoms with Crippen LogP contribution in [0, 0.1) is 10.1 Å². The van der Waals surface area contributed by atoms with Crippen molar-refractivity contribution in [2.75, 3.05) is 23.8 Å². The lowest BCUT2D eigenvalue weighted by molar-refractivity contribution is -0.384. The van der Waals surface area contributed by atoms with E-state index in [9.17, 15) is 15.2 Å². The molecule has 0 saturated carbocycles. The number of anilines is 2. The van der Waals surface area contributed by atoms with Gasteiger partial charge in [-0.1, -0.05) is 13.8 Å². The van der Waals surface area contributed by atoms with Gasteiger partial charge in [0.15, 0.2) is 0 Å². The van der Waals surface area contributed by atoms with Gasteiger partial charge in [-0.25, -0.2) is 0 Å². The van der Waals surface area contributed by atoms with Crippen LogP contribution in [-0.4, -0.2) is 28.7 Å². The van der Waals surface area contributed by atoms with Gasteiger partial charge in [0, 0.05) is 30.1 Å². The summed E-state index contributed by atoms with van der Waals surface area (Å²) in [6, 6.07) is 4.83. The van der Waals surface area contributed by atoms with Gasteiger partial charge in [0.2, 0.25) is 0 Å². The number of hydrogen-bond acceptors (Lipinski definition) is 5. The summed E-state index contributed by atoms with van der Waals surface area (Å²) in [5, 5.41) is 26.9. The largest absolute Gasteiger partial charge is 0.394 e. The fourth-order valence-electron chi connectivity index (χ4n) is 2.09. The summed E-state index contributed by atoms with van der Waals surface area (Å²) in [6.07, 6.45) is 1.47. The Morgan fingerprint density at radius 1 is 1.20 bits per heavy atom. The lowest BCUT2D eigenvalue weighted by Crippen LogP contribution is -2.40. The second-order valence-electron chi connectivity index (χ2n) is 4.83. The van der Waals surface area contributed by atoms with Crippen LogP contribution in [0.2, 0.25) is 0 Å². The molecule has 0 fully saturated rings. The first-order valence-electron chi connectivity index (χ1n) is 6.92. The lowest BCUT2D eigenvalue weighted by Gasteiger charge is -2.32. The SMILES string of the molecule is CCNc1cc(NC(CC)(CC)CO)cc([N+](=O)[O-])c1. The molecule has 6 heteroatoms. The van der Waals surface area contributed by atoms with Crippen molar-refractivity contribution in [2.45, 2.75) is 39.2 Å². The van der Waals surface area contributed by atoms with Crippen LogP contribution in [0.5, 0.6) is 0 Å². The van der Waals surface area contributed by atoms with Crippen LogP contribution in [0.25, 0.3) is 0 Å². The Labute approximate surface area is 119 Å². The highest BCUT2D eigenvalue weighted by Crippen LogP contribution is 2.28. The molecule has 0 heterocycles. The Morgan fingerprint density at radius 2 is 1.80 bits per heavy atom. The van der Waals surface area contributed by atoms with Crippen LogP contribution in [-0.2, 0) is 0 Å². The van der Waals surface area contributed by atoms with E-state index < -0.39 is 10.5 Å². The lowest BCUT2D eigenvalue weighted by atomic mass is 9.93. The number of nitrogens with zero attached hydrogens (tertiary/aromatic N) is 1. The molecule has 20 heavy (non-hydrogen) atoms. The summed E-state index contributed by atoms with van der Waals surface area (Å²) < 4.78 is 0. The van der Waals surface area contributed by atoms with Crippen molar-refractivity contribution in [1.82, 2.24) is 0 Å². The number of benzene rings is 1. The fourth-order valence-corrected chi connectivity index (χ4v) is 2.09. The molecule has 6 nitrogen and oxygen atoms in total. The first kappa shape index (κ1) is 16.2. The Hall–Kier alpha value is -1.82. The molecule has 1 aromatic carbocycles. The van der Waals surface area contributed by atoms with Gasteiger partial charge in [0.25, 0.3) is 5.69 Å². The summed E-state index contributed by atoms with van der Waals surface area (Å²) in [7, 11) is 0. The maximum Gasteiger partial charge on any atom is 0.273 e. The molecule has 1 rings (SSSR count). The maximum atomic E-state index is 11.0. The van der Waals surface area contributed by atoms with Crippen molar-refractivity contribution < 1.29 is 10.0 Å². The van der Waals surface area contributed by atoms with Crippen LogP contribution < -0.4 is 10.6 Å². The zero-order valence-electron chi connectivity index (χ0n) is 12.3. The van der Waals surface area contributed by atoms with Crippen molar-refractivity contribution in [3.8, 4) is 0 Å². The van der Waals surface area contributed by atoms with Gasteiger partial charge in [-0.15, -0.1) is 0 Å². The van der Waals surface area contributed by atoms with Crippen molar-refractivity contribution in [3.05, 3.63) is 28.3 Å². The highest BCUT2D eigenvalue weighted by Gasteiger charge is 2.25. The predicted molar refractivity (Wildman–Crippen MR) is 81.3 cm³/mol. The highest BCUT2D eigenvalue weighted by atomic mass is 16.6. The van der Waals surface area contributed by atoms with E-state index in [1.54, 1.807) is 0 Å². The topological polar surface area (TPSA) is 87.4 Å². The number of rotatable bonds is 8. The predicted octanol–water partition coefficient (Wildman–Crippen LogP) is 2.99. The standard InChI is InChI=1S/C14H23N3O3/c1-4-14(5-2,10-18)16-12-7-11(15-6-3)8-13(9-12)17(19)20/h7-9,15-16,18H,4-6,10H2,1-3H3. The first-order chi connectivity index (χ1) is 9.50. The monoisotopic (exact) mass is 281 g/mol. The normalized spacial score (nSPS) is 11.2. The van der Waals surface area contributed by atoms with Gasteiger partial charge >= 0.3 is 0 Å². The molecule has 0 aliphatic rings. The molecule has 3 N–H and O–H groups in total. The molecule has 0 amide bonds. The van der Waals surface area contributed by atoms with Crippen LogP contribution in [0.4, 0.5) is 17.1 Å². The quantitative estimate of drug-likeness (QED) is 0.503. The number of aliphatic hydroxyl groups is 1. The minimum atomic E-state index is -0.446. The minimum absolute atomic E-state index is 0.0147. The molecule has 112 valence electrons. The van der Waals surface area contributed by atoms with E-state index in [4.69, 9.17) is 0 Å². The summed E-state index contributed by atoms with van der Waals surface area (Å²) in [6.45, 7) is 6.57. The molecule has 0 radical (unpaired) electrons. The zero-order valence-corrected chi connectivity index (χ0v) is 12.3. The number of non-ortho nitro benzene ring substituents is 1. The van der Waals surface area contributed by atoms with Gasteiger partial charge in [-0.05, 0) is 25.8 Å². The molecular weight excluding hydrogens is 258 g/mol. The van der Waals surface area contributed by atoms with Gasteiger partial charge in [-0.2, -0.15) is 0 Å². The third-order valence-corrected chi connectivity index (χ3v) is 3.58. The fraction of sp³-hybridized carbons (Fsp3) is 0.571. The van der Waals surface area contributed by atoms with E-state index in [1.165, 1.54) is 12.1 Å². The first-order valence-corrected chi connectivity index (χ1v) is 6.92. The molecule has 0 aliphatic carbocycles. The molecule has 1 aromatic rings. The third kappa shape index (κ3) is 3.84. The van der Waals surface area contributed by atoms with Gasteiger partial charge in [0.05, 0.1) is 17.1 Å². The molecule has 0 aromatic heterocycles. The second kappa shape index (κ2) is 7.09. The molecule has 0 saturated heterocycles. The average Bonchev–Trinajstić information content (AvgIpc) is 2.45. The minimum Gasteiger partial charge on any atom is -0.394 e. The van der Waals surface area contributed by atoms with Gasteiger partial charge < -0.3 is 15.7 Å². The van der Waals surface area contributed by atoms with E-state index in [0.717, 1.165) is 12.8 Å². The highest BCUT2D eigenvalue weighted by molar-refractivity contribution is 5.64. The third-order valence-electron chi connectivity index (χ3n) is 3.58. The van der Waals surface area contributed by atoms with E-state index >= 15 is 0 Å². The number of hydrogen-bond donors (Lipinski definition) is 3. The number of aliphatic hydroxyl groups excluding tert-OH is 1.